The molecule has 0 atom stereocenters. The number of aromatic nitrogens is 4. The van der Waals surface area contributed by atoms with Gasteiger partial charge in [-0.1, -0.05) is 17.3 Å². The number of methoxy groups -OCH3 is 1. The van der Waals surface area contributed by atoms with Crippen molar-refractivity contribution >= 4 is 5.97 Å². The van der Waals surface area contributed by atoms with E-state index in [9.17, 15) is 9.18 Å². The van der Waals surface area contributed by atoms with Crippen LogP contribution in [0.3, 0.4) is 0 Å². The number of aryl methyl sites for hydroxylation is 1. The summed E-state index contributed by atoms with van der Waals surface area (Å²) >= 11 is 0. The minimum Gasteiger partial charge on any atom is -0.496 e. The number of hydrogen-bond acceptors (Lipinski definition) is 7. The second-order valence-corrected chi connectivity index (χ2v) is 6.71. The van der Waals surface area contributed by atoms with Crippen molar-refractivity contribution < 1.29 is 23.1 Å². The van der Waals surface area contributed by atoms with E-state index in [0.717, 1.165) is 0 Å². The van der Waals surface area contributed by atoms with E-state index in [1.165, 1.54) is 16.8 Å². The van der Waals surface area contributed by atoms with Crippen LogP contribution in [-0.2, 0) is 11.3 Å². The van der Waals surface area contributed by atoms with Gasteiger partial charge in [0.05, 0.1) is 24.1 Å². The van der Waals surface area contributed by atoms with Crippen LogP contribution >= 0.6 is 0 Å². The number of nitrogens with zero attached hydrogens (tertiary/aromatic N) is 4. The summed E-state index contributed by atoms with van der Waals surface area (Å²) < 4.78 is 31.0. The molecule has 31 heavy (non-hydrogen) atoms. The Morgan fingerprint density at radius 2 is 1.87 bits per heavy atom. The predicted octanol–water partition coefficient (Wildman–Crippen LogP) is 4.04. The lowest BCUT2D eigenvalue weighted by Crippen LogP contribution is -2.09. The second kappa shape index (κ2) is 8.39. The second-order valence-electron chi connectivity index (χ2n) is 6.71. The van der Waals surface area contributed by atoms with E-state index in [-0.39, 0.29) is 18.1 Å². The minimum absolute atomic E-state index is 0.0652. The van der Waals surface area contributed by atoms with Crippen LogP contribution in [0.15, 0.2) is 52.9 Å². The molecule has 0 amide bonds. The number of esters is 1. The van der Waals surface area contributed by atoms with Crippen LogP contribution in [0.25, 0.3) is 17.1 Å². The number of benzene rings is 2. The zero-order valence-corrected chi connectivity index (χ0v) is 17.1. The van der Waals surface area contributed by atoms with E-state index in [4.69, 9.17) is 13.9 Å². The molecule has 0 bridgehead atoms. The average Bonchev–Trinajstić information content (AvgIpc) is 3.35. The van der Waals surface area contributed by atoms with Gasteiger partial charge in [0.2, 0.25) is 5.89 Å². The first-order valence-electron chi connectivity index (χ1n) is 9.43. The molecule has 0 aliphatic heterocycles. The maximum Gasteiger partial charge on any atom is 0.361 e. The van der Waals surface area contributed by atoms with Gasteiger partial charge in [0.1, 0.15) is 29.6 Å². The molecule has 0 saturated heterocycles. The predicted molar refractivity (Wildman–Crippen MR) is 108 cm³/mol. The Kier molecular flexibility index (Phi) is 5.48. The Morgan fingerprint density at radius 3 is 2.61 bits per heavy atom. The number of para-hydroxylation sites is 1. The molecule has 2 aromatic carbocycles. The lowest BCUT2D eigenvalue weighted by atomic mass is 10.2. The number of oxazole rings is 1. The van der Waals surface area contributed by atoms with Crippen LogP contribution in [0.1, 0.15) is 27.6 Å². The molecule has 4 rings (SSSR count). The van der Waals surface area contributed by atoms with Crippen molar-refractivity contribution in [3.05, 3.63) is 77.2 Å². The molecule has 0 aliphatic rings. The van der Waals surface area contributed by atoms with Crippen LogP contribution in [0.2, 0.25) is 0 Å². The van der Waals surface area contributed by atoms with Crippen LogP contribution < -0.4 is 4.74 Å². The molecule has 2 heterocycles. The molecule has 0 spiro atoms. The number of hydrogen-bond donors (Lipinski definition) is 0. The Morgan fingerprint density at radius 1 is 1.13 bits per heavy atom. The monoisotopic (exact) mass is 422 g/mol. The fourth-order valence-electron chi connectivity index (χ4n) is 3.05. The highest BCUT2D eigenvalue weighted by molar-refractivity contribution is 5.88. The average molecular weight is 422 g/mol. The molecule has 0 unspecified atom stereocenters. The smallest absolute Gasteiger partial charge is 0.361 e. The molecular weight excluding hydrogens is 403 g/mol. The Bertz CT molecular complexity index is 1230. The molecular formula is C22H19FN4O4. The van der Waals surface area contributed by atoms with Gasteiger partial charge in [0.25, 0.3) is 0 Å². The van der Waals surface area contributed by atoms with Crippen LogP contribution in [0, 0.1) is 19.7 Å². The van der Waals surface area contributed by atoms with Gasteiger partial charge in [-0.2, -0.15) is 0 Å². The highest BCUT2D eigenvalue weighted by Gasteiger charge is 2.21. The Balaban J connectivity index is 1.50. The van der Waals surface area contributed by atoms with Crippen LogP contribution in [0.4, 0.5) is 4.39 Å². The summed E-state index contributed by atoms with van der Waals surface area (Å²) in [4.78, 5) is 17.0. The van der Waals surface area contributed by atoms with Crippen molar-refractivity contribution in [1.82, 2.24) is 20.0 Å². The lowest BCUT2D eigenvalue weighted by Gasteiger charge is -2.04. The normalized spacial score (nSPS) is 10.8. The van der Waals surface area contributed by atoms with Crippen molar-refractivity contribution in [3.8, 4) is 22.9 Å². The van der Waals surface area contributed by atoms with Crippen molar-refractivity contribution in [2.24, 2.45) is 0 Å². The number of carbonyl (C=O) groups excluding carboxylic acids is 1. The van der Waals surface area contributed by atoms with E-state index in [1.54, 1.807) is 33.1 Å². The first-order valence-corrected chi connectivity index (χ1v) is 9.43. The van der Waals surface area contributed by atoms with Gasteiger partial charge in [-0.05, 0) is 50.2 Å². The van der Waals surface area contributed by atoms with E-state index in [2.05, 4.69) is 15.3 Å². The number of carbonyl (C=O) groups is 1. The first-order chi connectivity index (χ1) is 15.0. The van der Waals surface area contributed by atoms with Gasteiger partial charge >= 0.3 is 5.97 Å². The van der Waals surface area contributed by atoms with Crippen LogP contribution in [0.5, 0.6) is 5.75 Å². The Hall–Kier alpha value is -4.01. The standard InChI is InChI=1S/C22H19FN4O4/c1-13-20(25-26-27(13)16-10-8-15(23)9-11-16)22(28)30-12-18-14(2)31-21(24-18)17-6-4-5-7-19(17)29-3/h4-11H,12H2,1-3H3. The van der Waals surface area contributed by atoms with Gasteiger partial charge in [-0.3, -0.25) is 0 Å². The fraction of sp³-hybridized carbons (Fsp3) is 0.182. The third-order valence-electron chi connectivity index (χ3n) is 4.73. The van der Waals surface area contributed by atoms with E-state index in [0.29, 0.717) is 40.0 Å². The third-order valence-corrected chi connectivity index (χ3v) is 4.73. The van der Waals surface area contributed by atoms with E-state index >= 15 is 0 Å². The van der Waals surface area contributed by atoms with E-state index in [1.807, 2.05) is 24.3 Å². The van der Waals surface area contributed by atoms with Crippen molar-refractivity contribution in [1.29, 1.82) is 0 Å². The third kappa shape index (κ3) is 4.02. The largest absolute Gasteiger partial charge is 0.496 e. The van der Waals surface area contributed by atoms with Gasteiger partial charge in [0, 0.05) is 0 Å². The quantitative estimate of drug-likeness (QED) is 0.433. The SMILES string of the molecule is COc1ccccc1-c1nc(COC(=O)c2nnn(-c3ccc(F)cc3)c2C)c(C)o1. The zero-order chi connectivity index (χ0) is 22.0. The zero-order valence-electron chi connectivity index (χ0n) is 17.1. The van der Waals surface area contributed by atoms with E-state index < -0.39 is 5.97 Å². The summed E-state index contributed by atoms with van der Waals surface area (Å²) in [6, 6.07) is 13.0. The molecule has 0 radical (unpaired) electrons. The highest BCUT2D eigenvalue weighted by atomic mass is 19.1. The molecule has 9 heteroatoms. The molecule has 4 aromatic rings. The summed E-state index contributed by atoms with van der Waals surface area (Å²) in [5, 5.41) is 7.88. The molecule has 2 aromatic heterocycles. The highest BCUT2D eigenvalue weighted by Crippen LogP contribution is 2.30. The molecule has 8 nitrogen and oxygen atoms in total. The first kappa shape index (κ1) is 20.3. The van der Waals surface area contributed by atoms with Gasteiger partial charge in [-0.15, -0.1) is 5.10 Å². The van der Waals surface area contributed by atoms with Gasteiger partial charge in [-0.25, -0.2) is 18.9 Å². The summed E-state index contributed by atoms with van der Waals surface area (Å²) in [5.74, 6) is 0.517. The summed E-state index contributed by atoms with van der Waals surface area (Å²) in [6.07, 6.45) is 0. The topological polar surface area (TPSA) is 92.3 Å². The lowest BCUT2D eigenvalue weighted by molar-refractivity contribution is 0.0459. The van der Waals surface area contributed by atoms with Gasteiger partial charge in [0.15, 0.2) is 5.69 Å². The summed E-state index contributed by atoms with van der Waals surface area (Å²) in [6.45, 7) is 3.33. The summed E-state index contributed by atoms with van der Waals surface area (Å²) in [5.41, 5.74) is 2.31. The molecule has 0 fully saturated rings. The summed E-state index contributed by atoms with van der Waals surface area (Å²) in [7, 11) is 1.57. The minimum atomic E-state index is -0.646. The van der Waals surface area contributed by atoms with Crippen molar-refractivity contribution in [2.45, 2.75) is 20.5 Å². The van der Waals surface area contributed by atoms with Crippen LogP contribution in [-0.4, -0.2) is 33.1 Å². The van der Waals surface area contributed by atoms with Crippen molar-refractivity contribution in [2.75, 3.05) is 7.11 Å². The van der Waals surface area contributed by atoms with Crippen molar-refractivity contribution in [3.63, 3.8) is 0 Å². The maximum atomic E-state index is 13.1. The molecule has 158 valence electrons. The molecule has 0 N–H and O–H groups in total. The Labute approximate surface area is 177 Å². The maximum absolute atomic E-state index is 13.1. The number of halogens is 1. The number of ether oxygens (including phenoxy) is 2. The number of rotatable bonds is 6. The van der Waals surface area contributed by atoms with Gasteiger partial charge < -0.3 is 13.9 Å². The molecule has 0 saturated carbocycles. The molecule has 0 aliphatic carbocycles. The fourth-order valence-corrected chi connectivity index (χ4v) is 3.05.